The Morgan fingerprint density at radius 2 is 1.83 bits per heavy atom. The Morgan fingerprint density at radius 1 is 1.08 bits per heavy atom. The zero-order chi connectivity index (χ0) is 17.4. The lowest BCUT2D eigenvalue weighted by molar-refractivity contribution is 0.0572. The molecule has 24 heavy (non-hydrogen) atoms. The number of rotatable bonds is 9. The van der Waals surface area contributed by atoms with Gasteiger partial charge >= 0.3 is 0 Å². The van der Waals surface area contributed by atoms with Crippen LogP contribution in [0.15, 0.2) is 48.5 Å². The molecule has 3 nitrogen and oxygen atoms in total. The van der Waals surface area contributed by atoms with E-state index < -0.39 is 0 Å². The minimum atomic E-state index is 0.301. The van der Waals surface area contributed by atoms with Crippen LogP contribution >= 0.6 is 34.2 Å². The number of hydrogen-bond acceptors (Lipinski definition) is 3. The molecule has 0 aliphatic rings. The largest absolute Gasteiger partial charge is 0.492 e. The molecule has 0 spiro atoms. The Bertz CT molecular complexity index is 622. The van der Waals surface area contributed by atoms with Gasteiger partial charge in [0.05, 0.1) is 23.4 Å². The van der Waals surface area contributed by atoms with Crippen molar-refractivity contribution in [2.24, 2.45) is 5.92 Å². The monoisotopic (exact) mass is 459 g/mol. The summed E-state index contributed by atoms with van der Waals surface area (Å²) in [5, 5.41) is 0.725. The SMILES string of the molecule is CN(C)C[C@@H](COCc1ccccc1)COc1ccc(Cl)cc1I. The van der Waals surface area contributed by atoms with Gasteiger partial charge in [-0.1, -0.05) is 41.9 Å². The molecular weight excluding hydrogens is 437 g/mol. The van der Waals surface area contributed by atoms with Gasteiger partial charge in [-0.05, 0) is 60.4 Å². The van der Waals surface area contributed by atoms with Gasteiger partial charge in [0.2, 0.25) is 0 Å². The Morgan fingerprint density at radius 3 is 2.50 bits per heavy atom. The molecule has 0 N–H and O–H groups in total. The highest BCUT2D eigenvalue weighted by atomic mass is 127. The molecule has 0 bridgehead atoms. The standard InChI is InChI=1S/C19H23ClINO2/c1-22(2)11-16(13-23-12-15-6-4-3-5-7-15)14-24-19-9-8-17(20)10-18(19)21/h3-10,16H,11-14H2,1-2H3/t16-/m0/s1. The lowest BCUT2D eigenvalue weighted by atomic mass is 10.1. The number of benzene rings is 2. The molecule has 0 fully saturated rings. The minimum absolute atomic E-state index is 0.301. The molecular formula is C19H23ClINO2. The first kappa shape index (κ1) is 19.5. The van der Waals surface area contributed by atoms with Crippen LogP contribution in [0.4, 0.5) is 0 Å². The molecule has 0 amide bonds. The van der Waals surface area contributed by atoms with Gasteiger partial charge in [-0.25, -0.2) is 0 Å². The summed E-state index contributed by atoms with van der Waals surface area (Å²) in [6.07, 6.45) is 0. The molecule has 0 aliphatic carbocycles. The third-order valence-electron chi connectivity index (χ3n) is 3.46. The fourth-order valence-corrected chi connectivity index (χ4v) is 3.41. The van der Waals surface area contributed by atoms with Crippen molar-refractivity contribution in [2.45, 2.75) is 6.61 Å². The fraction of sp³-hybridized carbons (Fsp3) is 0.368. The Hall–Kier alpha value is -0.820. The Balaban J connectivity index is 1.85. The number of halogens is 2. The highest BCUT2D eigenvalue weighted by Gasteiger charge is 2.13. The average Bonchev–Trinajstić information content (AvgIpc) is 2.54. The number of nitrogens with zero attached hydrogens (tertiary/aromatic N) is 1. The summed E-state index contributed by atoms with van der Waals surface area (Å²) < 4.78 is 12.9. The van der Waals surface area contributed by atoms with Crippen molar-refractivity contribution in [1.29, 1.82) is 0 Å². The number of ether oxygens (including phenoxy) is 2. The summed E-state index contributed by atoms with van der Waals surface area (Å²) in [6, 6.07) is 15.9. The normalized spacial score (nSPS) is 12.4. The van der Waals surface area contributed by atoms with Crippen LogP contribution in [-0.4, -0.2) is 38.8 Å². The van der Waals surface area contributed by atoms with Crippen LogP contribution in [0.3, 0.4) is 0 Å². The molecule has 2 rings (SSSR count). The third-order valence-corrected chi connectivity index (χ3v) is 4.54. The molecule has 0 radical (unpaired) electrons. The van der Waals surface area contributed by atoms with Crippen LogP contribution in [0.2, 0.25) is 5.02 Å². The second-order valence-corrected chi connectivity index (χ2v) is 7.61. The molecule has 0 saturated heterocycles. The first-order chi connectivity index (χ1) is 11.5. The molecule has 2 aromatic rings. The first-order valence-electron chi connectivity index (χ1n) is 7.89. The van der Waals surface area contributed by atoms with Crippen LogP contribution in [0.5, 0.6) is 5.75 Å². The van der Waals surface area contributed by atoms with E-state index in [1.807, 2.05) is 36.4 Å². The summed E-state index contributed by atoms with van der Waals surface area (Å²) in [6.45, 7) is 2.82. The van der Waals surface area contributed by atoms with E-state index >= 15 is 0 Å². The Labute approximate surface area is 163 Å². The molecule has 2 aromatic carbocycles. The van der Waals surface area contributed by atoms with Crippen LogP contribution in [-0.2, 0) is 11.3 Å². The maximum Gasteiger partial charge on any atom is 0.132 e. The molecule has 0 aliphatic heterocycles. The van der Waals surface area contributed by atoms with Gasteiger partial charge < -0.3 is 14.4 Å². The molecule has 0 heterocycles. The van der Waals surface area contributed by atoms with Crippen molar-refractivity contribution in [2.75, 3.05) is 33.9 Å². The average molecular weight is 460 g/mol. The molecule has 1 atom stereocenters. The van der Waals surface area contributed by atoms with E-state index in [0.717, 1.165) is 20.9 Å². The maximum absolute atomic E-state index is 5.99. The molecule has 0 aromatic heterocycles. The maximum atomic E-state index is 5.99. The van der Waals surface area contributed by atoms with Gasteiger partial charge in [-0.15, -0.1) is 0 Å². The lowest BCUT2D eigenvalue weighted by Crippen LogP contribution is -2.30. The summed E-state index contributed by atoms with van der Waals surface area (Å²) >= 11 is 8.23. The Kier molecular flexibility index (Phi) is 8.32. The van der Waals surface area contributed by atoms with Gasteiger partial charge in [0, 0.05) is 17.5 Å². The van der Waals surface area contributed by atoms with Crippen LogP contribution in [0.1, 0.15) is 5.56 Å². The second-order valence-electron chi connectivity index (χ2n) is 6.01. The van der Waals surface area contributed by atoms with Crippen molar-refractivity contribution in [3.63, 3.8) is 0 Å². The van der Waals surface area contributed by atoms with Gasteiger partial charge in [0.1, 0.15) is 5.75 Å². The van der Waals surface area contributed by atoms with Gasteiger partial charge in [0.25, 0.3) is 0 Å². The van der Waals surface area contributed by atoms with E-state index in [2.05, 4.69) is 53.7 Å². The summed E-state index contributed by atoms with van der Waals surface area (Å²) in [7, 11) is 4.13. The minimum Gasteiger partial charge on any atom is -0.492 e. The van der Waals surface area contributed by atoms with Crippen molar-refractivity contribution in [3.05, 3.63) is 62.7 Å². The van der Waals surface area contributed by atoms with E-state index in [1.165, 1.54) is 5.56 Å². The lowest BCUT2D eigenvalue weighted by Gasteiger charge is -2.22. The molecule has 0 saturated carbocycles. The highest BCUT2D eigenvalue weighted by Crippen LogP contribution is 2.24. The van der Waals surface area contributed by atoms with Crippen LogP contribution < -0.4 is 4.74 Å². The van der Waals surface area contributed by atoms with Gasteiger partial charge in [0.15, 0.2) is 0 Å². The highest BCUT2D eigenvalue weighted by molar-refractivity contribution is 14.1. The zero-order valence-corrected chi connectivity index (χ0v) is 17.0. The van der Waals surface area contributed by atoms with E-state index in [0.29, 0.717) is 25.7 Å². The summed E-state index contributed by atoms with van der Waals surface area (Å²) in [5.41, 5.74) is 1.19. The van der Waals surface area contributed by atoms with Crippen molar-refractivity contribution >= 4 is 34.2 Å². The molecule has 130 valence electrons. The van der Waals surface area contributed by atoms with E-state index in [9.17, 15) is 0 Å². The van der Waals surface area contributed by atoms with Gasteiger partial charge in [-0.2, -0.15) is 0 Å². The van der Waals surface area contributed by atoms with Gasteiger partial charge in [-0.3, -0.25) is 0 Å². The van der Waals surface area contributed by atoms with E-state index in [1.54, 1.807) is 0 Å². The predicted octanol–water partition coefficient (Wildman–Crippen LogP) is 4.72. The molecule has 5 heteroatoms. The van der Waals surface area contributed by atoms with Crippen LogP contribution in [0.25, 0.3) is 0 Å². The number of hydrogen-bond donors (Lipinski definition) is 0. The summed E-state index contributed by atoms with van der Waals surface area (Å²) in [4.78, 5) is 2.16. The molecule has 0 unspecified atom stereocenters. The first-order valence-corrected chi connectivity index (χ1v) is 9.34. The van der Waals surface area contributed by atoms with Crippen molar-refractivity contribution in [1.82, 2.24) is 4.90 Å². The predicted molar refractivity (Wildman–Crippen MR) is 108 cm³/mol. The third kappa shape index (κ3) is 6.97. The topological polar surface area (TPSA) is 21.7 Å². The quantitative estimate of drug-likeness (QED) is 0.507. The smallest absolute Gasteiger partial charge is 0.132 e. The second kappa shape index (κ2) is 10.2. The van der Waals surface area contributed by atoms with E-state index in [-0.39, 0.29) is 0 Å². The van der Waals surface area contributed by atoms with Crippen molar-refractivity contribution < 1.29 is 9.47 Å². The zero-order valence-electron chi connectivity index (χ0n) is 14.0. The van der Waals surface area contributed by atoms with Crippen molar-refractivity contribution in [3.8, 4) is 5.75 Å². The van der Waals surface area contributed by atoms with Crippen LogP contribution in [0, 0.1) is 9.49 Å². The van der Waals surface area contributed by atoms with E-state index in [4.69, 9.17) is 21.1 Å². The fourth-order valence-electron chi connectivity index (χ4n) is 2.39. The summed E-state index contributed by atoms with van der Waals surface area (Å²) in [5.74, 6) is 1.17.